The summed E-state index contributed by atoms with van der Waals surface area (Å²) >= 11 is 0. The topological polar surface area (TPSA) is 42.0 Å². The van der Waals surface area contributed by atoms with Gasteiger partial charge in [-0.1, -0.05) is 18.6 Å². The molecule has 0 N–H and O–H groups in total. The fourth-order valence-corrected chi connectivity index (χ4v) is 3.12. The number of carbonyl (C=O) groups is 1. The predicted molar refractivity (Wildman–Crippen MR) is 111 cm³/mol. The highest BCUT2D eigenvalue weighted by Gasteiger charge is 2.18. The van der Waals surface area contributed by atoms with Gasteiger partial charge in [-0.25, -0.2) is 0 Å². The van der Waals surface area contributed by atoms with Crippen LogP contribution in [0.1, 0.15) is 32.6 Å². The zero-order valence-electron chi connectivity index (χ0n) is 15.8. The Morgan fingerprint density at radius 1 is 1.04 bits per heavy atom. The van der Waals surface area contributed by atoms with Gasteiger partial charge in [0.1, 0.15) is 5.75 Å². The van der Waals surface area contributed by atoms with Crippen LogP contribution >= 0.6 is 24.8 Å². The van der Waals surface area contributed by atoms with Crippen LogP contribution in [-0.2, 0) is 9.53 Å². The maximum absolute atomic E-state index is 11.3. The molecule has 0 atom stereocenters. The molecule has 1 aromatic rings. The van der Waals surface area contributed by atoms with Gasteiger partial charge in [-0.05, 0) is 38.4 Å². The molecule has 0 aliphatic carbocycles. The molecule has 7 heteroatoms. The molecule has 2 rings (SSSR count). The number of methoxy groups -OCH3 is 1. The molecule has 0 amide bonds. The van der Waals surface area contributed by atoms with Crippen molar-refractivity contribution in [2.75, 3.05) is 51.3 Å². The molecule has 1 heterocycles. The summed E-state index contributed by atoms with van der Waals surface area (Å²) in [6, 6.07) is 8.22. The summed E-state index contributed by atoms with van der Waals surface area (Å²) in [5, 5.41) is 0. The maximum atomic E-state index is 11.3. The van der Waals surface area contributed by atoms with Crippen molar-refractivity contribution < 1.29 is 14.3 Å². The highest BCUT2D eigenvalue weighted by Crippen LogP contribution is 2.28. The quantitative estimate of drug-likeness (QED) is 0.460. The molecule has 0 unspecified atom stereocenters. The van der Waals surface area contributed by atoms with Gasteiger partial charge in [-0.3, -0.25) is 9.69 Å². The van der Waals surface area contributed by atoms with Crippen molar-refractivity contribution in [2.45, 2.75) is 32.6 Å². The first-order chi connectivity index (χ1) is 11.7. The number of hydrogen-bond acceptors (Lipinski definition) is 5. The summed E-state index contributed by atoms with van der Waals surface area (Å²) in [5.41, 5.74) is 1.19. The summed E-state index contributed by atoms with van der Waals surface area (Å²) in [4.78, 5) is 16.2. The Balaban J connectivity index is 0.00000312. The summed E-state index contributed by atoms with van der Waals surface area (Å²) in [5.74, 6) is 0.882. The second kappa shape index (κ2) is 14.0. The zero-order valence-corrected chi connectivity index (χ0v) is 17.4. The number of benzene rings is 1. The summed E-state index contributed by atoms with van der Waals surface area (Å²) in [7, 11) is 1.73. The fourth-order valence-electron chi connectivity index (χ4n) is 3.12. The van der Waals surface area contributed by atoms with Gasteiger partial charge in [-0.15, -0.1) is 24.8 Å². The van der Waals surface area contributed by atoms with Crippen molar-refractivity contribution in [1.82, 2.24) is 4.90 Å². The second-order valence-electron chi connectivity index (χ2n) is 6.12. The van der Waals surface area contributed by atoms with Crippen LogP contribution in [0.3, 0.4) is 0 Å². The van der Waals surface area contributed by atoms with E-state index in [1.165, 1.54) is 5.69 Å². The number of unbranched alkanes of at least 4 members (excludes halogenated alkanes) is 2. The van der Waals surface area contributed by atoms with E-state index >= 15 is 0 Å². The Labute approximate surface area is 169 Å². The third-order valence-electron chi connectivity index (χ3n) is 4.46. The van der Waals surface area contributed by atoms with E-state index in [9.17, 15) is 4.79 Å². The minimum absolute atomic E-state index is 0. The minimum atomic E-state index is -0.0667. The number of para-hydroxylation sites is 2. The third-order valence-corrected chi connectivity index (χ3v) is 4.46. The van der Waals surface area contributed by atoms with Gasteiger partial charge < -0.3 is 14.4 Å². The minimum Gasteiger partial charge on any atom is -0.495 e. The van der Waals surface area contributed by atoms with Crippen LogP contribution in [0.4, 0.5) is 5.69 Å². The Hall–Kier alpha value is -1.17. The average molecular weight is 407 g/mol. The number of anilines is 1. The number of esters is 1. The summed E-state index contributed by atoms with van der Waals surface area (Å²) < 4.78 is 10.4. The second-order valence-corrected chi connectivity index (χ2v) is 6.12. The number of carbonyl (C=O) groups excluding carboxylic acids is 1. The lowest BCUT2D eigenvalue weighted by atomic mass is 10.1. The van der Waals surface area contributed by atoms with Crippen molar-refractivity contribution in [2.24, 2.45) is 0 Å². The lowest BCUT2D eigenvalue weighted by molar-refractivity contribution is -0.143. The van der Waals surface area contributed by atoms with Crippen LogP contribution in [0.2, 0.25) is 0 Å². The van der Waals surface area contributed by atoms with Gasteiger partial charge in [0.15, 0.2) is 0 Å². The number of ether oxygens (including phenoxy) is 2. The normalized spacial score (nSPS) is 14.2. The molecular weight excluding hydrogens is 375 g/mol. The molecule has 0 radical (unpaired) electrons. The molecular formula is C19H32Cl2N2O3. The molecule has 26 heavy (non-hydrogen) atoms. The van der Waals surface area contributed by atoms with Crippen LogP contribution in [-0.4, -0.2) is 57.3 Å². The molecule has 1 saturated heterocycles. The van der Waals surface area contributed by atoms with E-state index in [-0.39, 0.29) is 30.8 Å². The molecule has 0 saturated carbocycles. The van der Waals surface area contributed by atoms with Gasteiger partial charge in [0.25, 0.3) is 0 Å². The maximum Gasteiger partial charge on any atom is 0.305 e. The predicted octanol–water partition coefficient (Wildman–Crippen LogP) is 3.78. The van der Waals surface area contributed by atoms with E-state index in [1.807, 2.05) is 19.1 Å². The van der Waals surface area contributed by atoms with E-state index in [4.69, 9.17) is 9.47 Å². The van der Waals surface area contributed by atoms with Crippen LogP contribution in [0, 0.1) is 0 Å². The largest absolute Gasteiger partial charge is 0.495 e. The number of piperazine rings is 1. The molecule has 5 nitrogen and oxygen atoms in total. The van der Waals surface area contributed by atoms with Crippen molar-refractivity contribution in [1.29, 1.82) is 0 Å². The number of hydrogen-bond donors (Lipinski definition) is 0. The van der Waals surface area contributed by atoms with Crippen molar-refractivity contribution >= 4 is 36.5 Å². The highest BCUT2D eigenvalue weighted by molar-refractivity contribution is 5.85. The van der Waals surface area contributed by atoms with Crippen LogP contribution in [0.15, 0.2) is 24.3 Å². The molecule has 0 bridgehead atoms. The molecule has 0 aromatic heterocycles. The lowest BCUT2D eigenvalue weighted by Gasteiger charge is -2.36. The van der Waals surface area contributed by atoms with Crippen molar-refractivity contribution in [3.63, 3.8) is 0 Å². The molecule has 150 valence electrons. The first-order valence-electron chi connectivity index (χ1n) is 9.00. The summed E-state index contributed by atoms with van der Waals surface area (Å²) in [6.45, 7) is 7.67. The lowest BCUT2D eigenvalue weighted by Crippen LogP contribution is -2.46. The first kappa shape index (κ1) is 24.8. The number of nitrogens with zero attached hydrogens (tertiary/aromatic N) is 2. The number of rotatable bonds is 9. The average Bonchev–Trinajstić information content (AvgIpc) is 2.62. The van der Waals surface area contributed by atoms with Crippen molar-refractivity contribution in [3.8, 4) is 5.75 Å². The number of halogens is 2. The Morgan fingerprint density at radius 3 is 2.38 bits per heavy atom. The van der Waals surface area contributed by atoms with Gasteiger partial charge in [-0.2, -0.15) is 0 Å². The van der Waals surface area contributed by atoms with Crippen LogP contribution < -0.4 is 9.64 Å². The molecule has 1 aromatic carbocycles. The van der Waals surface area contributed by atoms with Gasteiger partial charge >= 0.3 is 5.97 Å². The Bertz CT molecular complexity index is 509. The monoisotopic (exact) mass is 406 g/mol. The van der Waals surface area contributed by atoms with Crippen LogP contribution in [0.5, 0.6) is 5.75 Å². The molecule has 1 fully saturated rings. The first-order valence-corrected chi connectivity index (χ1v) is 9.00. The SMILES string of the molecule is CCOC(=O)CCCCCN1CCN(c2ccccc2OC)CC1.Cl.Cl. The van der Waals surface area contributed by atoms with E-state index in [0.29, 0.717) is 13.0 Å². The zero-order chi connectivity index (χ0) is 17.2. The molecule has 1 aliphatic rings. The van der Waals surface area contributed by atoms with E-state index < -0.39 is 0 Å². The fraction of sp³-hybridized carbons (Fsp3) is 0.632. The van der Waals surface area contributed by atoms with E-state index in [2.05, 4.69) is 21.9 Å². The smallest absolute Gasteiger partial charge is 0.305 e. The van der Waals surface area contributed by atoms with Gasteiger partial charge in [0.05, 0.1) is 19.4 Å². The molecule has 0 spiro atoms. The molecule has 1 aliphatic heterocycles. The highest BCUT2D eigenvalue weighted by atomic mass is 35.5. The van der Waals surface area contributed by atoms with Gasteiger partial charge in [0, 0.05) is 32.6 Å². The standard InChI is InChI=1S/C19H30N2O3.2ClH/c1-3-24-19(22)11-5-4-8-12-20-13-15-21(16-14-20)17-9-6-7-10-18(17)23-2;;/h6-7,9-10H,3-5,8,11-16H2,1-2H3;2*1H. The van der Waals surface area contributed by atoms with Crippen molar-refractivity contribution in [3.05, 3.63) is 24.3 Å². The van der Waals surface area contributed by atoms with E-state index in [1.54, 1.807) is 7.11 Å². The van der Waals surface area contributed by atoms with Gasteiger partial charge in [0.2, 0.25) is 0 Å². The third kappa shape index (κ3) is 8.02. The Morgan fingerprint density at radius 2 is 1.73 bits per heavy atom. The van der Waals surface area contributed by atoms with E-state index in [0.717, 1.165) is 57.7 Å². The van der Waals surface area contributed by atoms with Crippen LogP contribution in [0.25, 0.3) is 0 Å². The summed E-state index contributed by atoms with van der Waals surface area (Å²) in [6.07, 6.45) is 3.72. The Kier molecular flexibility index (Phi) is 13.3.